The molecule has 2 heterocycles. The highest BCUT2D eigenvalue weighted by Gasteiger charge is 2.15. The van der Waals surface area contributed by atoms with Gasteiger partial charge in [0.05, 0.1) is 11.2 Å². The first-order valence-electron chi connectivity index (χ1n) is 13.3. The van der Waals surface area contributed by atoms with E-state index in [2.05, 4.69) is 113 Å². The third-order valence-corrected chi connectivity index (χ3v) is 9.83. The summed E-state index contributed by atoms with van der Waals surface area (Å²) in [6, 6.07) is 29.7. The van der Waals surface area contributed by atoms with Gasteiger partial charge in [-0.05, 0) is 61.0 Å². The lowest BCUT2D eigenvalue weighted by Gasteiger charge is -2.21. The van der Waals surface area contributed by atoms with Crippen molar-refractivity contribution in [3.8, 4) is 0 Å². The Morgan fingerprint density at radius 2 is 1.30 bits per heavy atom. The molecule has 0 radical (unpaired) electrons. The minimum absolute atomic E-state index is 0.113. The summed E-state index contributed by atoms with van der Waals surface area (Å²) >= 11 is 10.1. The lowest BCUT2D eigenvalue weighted by Crippen LogP contribution is -2.41. The van der Waals surface area contributed by atoms with E-state index >= 15 is 0 Å². The van der Waals surface area contributed by atoms with E-state index in [0.717, 1.165) is 33.8 Å². The normalized spacial score (nSPS) is 12.4. The average molecular weight is 583 g/mol. The molecule has 0 bridgehead atoms. The fraction of sp³-hybridized carbons (Fsp3) is 0.152. The lowest BCUT2D eigenvalue weighted by molar-refractivity contribution is 0.448. The zero-order valence-corrected chi connectivity index (χ0v) is 24.8. The number of hydrogen-bond acceptors (Lipinski definition) is 4. The zero-order valence-electron chi connectivity index (χ0n) is 22.4. The van der Waals surface area contributed by atoms with Crippen LogP contribution in [0, 0.1) is 6.92 Å². The first kappa shape index (κ1) is 27.1. The molecule has 4 aromatic carbocycles. The van der Waals surface area contributed by atoms with Gasteiger partial charge in [0, 0.05) is 66.7 Å². The summed E-state index contributed by atoms with van der Waals surface area (Å²) in [6.45, 7) is 2.94. The second-order valence-corrected chi connectivity index (χ2v) is 12.4. The van der Waals surface area contributed by atoms with E-state index < -0.39 is 0 Å². The van der Waals surface area contributed by atoms with Gasteiger partial charge in [0.1, 0.15) is 0 Å². The van der Waals surface area contributed by atoms with Gasteiger partial charge in [-0.3, -0.25) is 5.32 Å². The van der Waals surface area contributed by atoms with E-state index in [0.29, 0.717) is 0 Å². The molecule has 6 rings (SSSR count). The summed E-state index contributed by atoms with van der Waals surface area (Å²) in [6.07, 6.45) is 5.14. The minimum atomic E-state index is 0.113. The van der Waals surface area contributed by atoms with E-state index in [1.807, 2.05) is 30.9 Å². The molecule has 1 unspecified atom stereocenters. The number of rotatable bonds is 10. The molecule has 7 heteroatoms. The molecule has 40 heavy (non-hydrogen) atoms. The molecule has 202 valence electrons. The molecular formula is C33H31ClN4S2. The molecule has 0 aliphatic rings. The van der Waals surface area contributed by atoms with Gasteiger partial charge in [0.15, 0.2) is 0 Å². The molecule has 0 aliphatic heterocycles. The summed E-state index contributed by atoms with van der Waals surface area (Å²) < 4.78 is 0. The second-order valence-electron chi connectivity index (χ2n) is 9.81. The average Bonchev–Trinajstić information content (AvgIpc) is 3.58. The molecule has 2 aromatic heterocycles. The standard InChI is InChI=1S/C33H31ClN4S2/c1-21-9-7-13-25-32(21)29(19-36-25)40-28-16-6-4-11-23(28)18-38-31(35-2)17-22-10-3-5-15-27(22)39-30-20-37-26-14-8-12-24(34)33(26)30/h3-16,19-20,31,35-38H,17-18H2,1-2H3. The number of aryl methyl sites for hydroxylation is 1. The van der Waals surface area contributed by atoms with Crippen molar-refractivity contribution < 1.29 is 0 Å². The molecule has 4 nitrogen and oxygen atoms in total. The Morgan fingerprint density at radius 3 is 2.02 bits per heavy atom. The van der Waals surface area contributed by atoms with Crippen LogP contribution < -0.4 is 10.6 Å². The van der Waals surface area contributed by atoms with Crippen LogP contribution in [0.5, 0.6) is 0 Å². The Hall–Kier alpha value is -3.13. The van der Waals surface area contributed by atoms with E-state index in [4.69, 9.17) is 11.6 Å². The summed E-state index contributed by atoms with van der Waals surface area (Å²) in [5.41, 5.74) is 6.10. The SMILES string of the molecule is CNC(Cc1ccccc1Sc1c[nH]c2cccc(Cl)c12)NCc1ccccc1Sc1c[nH]c2cccc(C)c12. The Kier molecular flexibility index (Phi) is 8.23. The first-order chi connectivity index (χ1) is 19.6. The maximum atomic E-state index is 6.55. The summed E-state index contributed by atoms with van der Waals surface area (Å²) in [4.78, 5) is 11.7. The van der Waals surface area contributed by atoms with Gasteiger partial charge in [-0.15, -0.1) is 0 Å². The van der Waals surface area contributed by atoms with Crippen LogP contribution in [0.3, 0.4) is 0 Å². The molecule has 0 fully saturated rings. The number of aromatic nitrogens is 2. The fourth-order valence-corrected chi connectivity index (χ4v) is 7.67. The fourth-order valence-electron chi connectivity index (χ4n) is 5.09. The number of hydrogen-bond donors (Lipinski definition) is 4. The molecule has 0 saturated carbocycles. The maximum absolute atomic E-state index is 6.55. The third-order valence-electron chi connectivity index (χ3n) is 7.19. The van der Waals surface area contributed by atoms with Gasteiger partial charge in [-0.1, -0.05) is 89.7 Å². The predicted molar refractivity (Wildman–Crippen MR) is 171 cm³/mol. The number of fused-ring (bicyclic) bond motifs is 2. The second kappa shape index (κ2) is 12.2. The Balaban J connectivity index is 1.18. The number of halogens is 1. The Morgan fingerprint density at radius 1 is 0.700 bits per heavy atom. The number of aromatic amines is 2. The van der Waals surface area contributed by atoms with Crippen LogP contribution >= 0.6 is 35.1 Å². The molecule has 6 aromatic rings. The van der Waals surface area contributed by atoms with Gasteiger partial charge in [0.2, 0.25) is 0 Å². The molecule has 0 saturated heterocycles. The highest BCUT2D eigenvalue weighted by atomic mass is 35.5. The van der Waals surface area contributed by atoms with Crippen LogP contribution in [-0.2, 0) is 13.0 Å². The van der Waals surface area contributed by atoms with Gasteiger partial charge in [-0.2, -0.15) is 0 Å². The van der Waals surface area contributed by atoms with E-state index in [9.17, 15) is 0 Å². The van der Waals surface area contributed by atoms with Crippen molar-refractivity contribution in [2.45, 2.75) is 45.6 Å². The van der Waals surface area contributed by atoms with Crippen LogP contribution in [0.1, 0.15) is 16.7 Å². The molecular weight excluding hydrogens is 552 g/mol. The monoisotopic (exact) mass is 582 g/mol. The largest absolute Gasteiger partial charge is 0.360 e. The molecule has 0 spiro atoms. The number of nitrogens with one attached hydrogen (secondary N) is 4. The summed E-state index contributed by atoms with van der Waals surface area (Å²) in [5.74, 6) is 0. The summed E-state index contributed by atoms with van der Waals surface area (Å²) in [7, 11) is 2.02. The number of H-pyrrole nitrogens is 2. The highest BCUT2D eigenvalue weighted by Crippen LogP contribution is 2.39. The quantitative estimate of drug-likeness (QED) is 0.122. The van der Waals surface area contributed by atoms with E-state index in [-0.39, 0.29) is 6.17 Å². The van der Waals surface area contributed by atoms with Crippen LogP contribution in [0.15, 0.2) is 117 Å². The topological polar surface area (TPSA) is 55.6 Å². The van der Waals surface area contributed by atoms with E-state index in [1.54, 1.807) is 11.8 Å². The maximum Gasteiger partial charge on any atom is 0.0613 e. The third kappa shape index (κ3) is 5.69. The van der Waals surface area contributed by atoms with Gasteiger partial charge in [0.25, 0.3) is 0 Å². The molecule has 1 atom stereocenters. The van der Waals surface area contributed by atoms with E-state index in [1.165, 1.54) is 42.3 Å². The van der Waals surface area contributed by atoms with Crippen molar-refractivity contribution >= 4 is 56.9 Å². The summed E-state index contributed by atoms with van der Waals surface area (Å²) in [5, 5.41) is 10.4. The van der Waals surface area contributed by atoms with Crippen LogP contribution in [0.25, 0.3) is 21.8 Å². The molecule has 4 N–H and O–H groups in total. The van der Waals surface area contributed by atoms with Crippen molar-refractivity contribution in [3.63, 3.8) is 0 Å². The molecule has 0 amide bonds. The number of likely N-dealkylation sites (N-methyl/N-ethyl adjacent to an activating group) is 1. The van der Waals surface area contributed by atoms with Crippen LogP contribution in [-0.4, -0.2) is 23.2 Å². The Bertz CT molecular complexity index is 1770. The van der Waals surface area contributed by atoms with Crippen LogP contribution in [0.4, 0.5) is 0 Å². The van der Waals surface area contributed by atoms with Gasteiger partial charge in [-0.25, -0.2) is 0 Å². The highest BCUT2D eigenvalue weighted by molar-refractivity contribution is 8.00. The molecule has 0 aliphatic carbocycles. The van der Waals surface area contributed by atoms with Crippen molar-refractivity contribution in [2.24, 2.45) is 0 Å². The first-order valence-corrected chi connectivity index (χ1v) is 15.4. The lowest BCUT2D eigenvalue weighted by atomic mass is 10.1. The van der Waals surface area contributed by atoms with Gasteiger partial charge < -0.3 is 15.3 Å². The van der Waals surface area contributed by atoms with Crippen molar-refractivity contribution in [3.05, 3.63) is 119 Å². The van der Waals surface area contributed by atoms with Crippen molar-refractivity contribution in [1.82, 2.24) is 20.6 Å². The Labute approximate surface area is 248 Å². The van der Waals surface area contributed by atoms with Crippen molar-refractivity contribution in [2.75, 3.05) is 7.05 Å². The smallest absolute Gasteiger partial charge is 0.0613 e. The number of benzene rings is 4. The van der Waals surface area contributed by atoms with Crippen molar-refractivity contribution in [1.29, 1.82) is 0 Å². The zero-order chi connectivity index (χ0) is 27.5. The minimum Gasteiger partial charge on any atom is -0.360 e. The predicted octanol–water partition coefficient (Wildman–Crippen LogP) is 8.79. The van der Waals surface area contributed by atoms with Gasteiger partial charge >= 0.3 is 0 Å². The van der Waals surface area contributed by atoms with Crippen LogP contribution in [0.2, 0.25) is 5.02 Å².